The van der Waals surface area contributed by atoms with Crippen molar-refractivity contribution in [1.29, 1.82) is 0 Å². The minimum Gasteiger partial charge on any atom is -0.356 e. The van der Waals surface area contributed by atoms with Crippen LogP contribution in [0.25, 0.3) is 22.2 Å². The lowest BCUT2D eigenvalue weighted by molar-refractivity contribution is 1.29. The predicted octanol–water partition coefficient (Wildman–Crippen LogP) is 5.04. The lowest BCUT2D eigenvalue weighted by Crippen LogP contribution is -1.90. The van der Waals surface area contributed by atoms with Gasteiger partial charge in [0.2, 0.25) is 0 Å². The number of hydrogen-bond donors (Lipinski definition) is 1. The predicted molar refractivity (Wildman–Crippen MR) is 94.7 cm³/mol. The molecule has 23 heavy (non-hydrogen) atoms. The normalized spacial score (nSPS) is 10.6. The van der Waals surface area contributed by atoms with E-state index in [2.05, 4.69) is 63.8 Å². The van der Waals surface area contributed by atoms with Crippen LogP contribution in [0.2, 0.25) is 0 Å². The van der Waals surface area contributed by atoms with E-state index in [-0.39, 0.29) is 0 Å². The summed E-state index contributed by atoms with van der Waals surface area (Å²) in [5.41, 5.74) is 6.25. The number of hydrogen-bond acceptors (Lipinski definition) is 3. The molecule has 0 amide bonds. The smallest absolute Gasteiger partial charge is 0.0892 e. The van der Waals surface area contributed by atoms with E-state index in [1.807, 2.05) is 24.3 Å². The van der Waals surface area contributed by atoms with E-state index in [4.69, 9.17) is 0 Å². The van der Waals surface area contributed by atoms with Gasteiger partial charge < -0.3 is 5.32 Å². The Bertz CT molecular complexity index is 949. The maximum absolute atomic E-state index is 4.38. The molecule has 0 aliphatic heterocycles. The zero-order chi connectivity index (χ0) is 15.5. The van der Waals surface area contributed by atoms with Crippen molar-refractivity contribution in [1.82, 2.24) is 9.97 Å². The van der Waals surface area contributed by atoms with Crippen molar-refractivity contribution in [2.24, 2.45) is 0 Å². The molecular weight excluding hydrogens is 282 g/mol. The number of para-hydroxylation sites is 1. The molecule has 0 spiro atoms. The Labute approximate surface area is 134 Å². The number of fused-ring (bicyclic) bond motifs is 1. The molecule has 4 aromatic rings. The van der Waals surface area contributed by atoms with Crippen LogP contribution in [0.3, 0.4) is 0 Å². The Hall–Kier alpha value is -3.20. The van der Waals surface area contributed by atoms with Gasteiger partial charge in [0.1, 0.15) is 0 Å². The fourth-order valence-electron chi connectivity index (χ4n) is 2.61. The second kappa shape index (κ2) is 5.89. The number of aromatic nitrogens is 2. The molecule has 110 valence electrons. The molecule has 0 atom stereocenters. The highest BCUT2D eigenvalue weighted by Crippen LogP contribution is 2.26. The standard InChI is InChI=1S/C20H15N3/c1-2-6-17(7-3-1)23-18-8-4-5-15(13-18)16-9-10-19-20(14-16)22-12-11-21-19/h1-14,23H. The summed E-state index contributed by atoms with van der Waals surface area (Å²) in [7, 11) is 0. The highest BCUT2D eigenvalue weighted by molar-refractivity contribution is 5.82. The first-order valence-electron chi connectivity index (χ1n) is 7.52. The van der Waals surface area contributed by atoms with Crippen LogP contribution in [0.1, 0.15) is 0 Å². The van der Waals surface area contributed by atoms with E-state index in [0.717, 1.165) is 33.5 Å². The summed E-state index contributed by atoms with van der Waals surface area (Å²) in [5, 5.41) is 3.42. The molecular formula is C20H15N3. The molecule has 4 rings (SSSR count). The van der Waals surface area contributed by atoms with Crippen molar-refractivity contribution in [3.8, 4) is 11.1 Å². The third kappa shape index (κ3) is 2.90. The van der Waals surface area contributed by atoms with Crippen LogP contribution in [0.5, 0.6) is 0 Å². The first-order valence-corrected chi connectivity index (χ1v) is 7.52. The van der Waals surface area contributed by atoms with E-state index in [1.165, 1.54) is 0 Å². The zero-order valence-electron chi connectivity index (χ0n) is 12.5. The first-order chi connectivity index (χ1) is 11.4. The maximum Gasteiger partial charge on any atom is 0.0892 e. The third-order valence-electron chi connectivity index (χ3n) is 3.73. The number of nitrogens with one attached hydrogen (secondary N) is 1. The molecule has 0 bridgehead atoms. The number of rotatable bonds is 3. The molecule has 3 nitrogen and oxygen atoms in total. The second-order valence-electron chi connectivity index (χ2n) is 5.33. The van der Waals surface area contributed by atoms with Gasteiger partial charge in [-0.15, -0.1) is 0 Å². The van der Waals surface area contributed by atoms with Gasteiger partial charge in [0.05, 0.1) is 11.0 Å². The molecule has 0 aliphatic carbocycles. The molecule has 1 heterocycles. The van der Waals surface area contributed by atoms with Crippen molar-refractivity contribution in [2.45, 2.75) is 0 Å². The van der Waals surface area contributed by atoms with Crippen LogP contribution in [0.15, 0.2) is 85.2 Å². The monoisotopic (exact) mass is 297 g/mol. The van der Waals surface area contributed by atoms with E-state index in [1.54, 1.807) is 12.4 Å². The number of benzene rings is 3. The van der Waals surface area contributed by atoms with Crippen molar-refractivity contribution in [2.75, 3.05) is 5.32 Å². The average Bonchev–Trinajstić information content (AvgIpc) is 2.62. The number of nitrogens with zero attached hydrogens (tertiary/aromatic N) is 2. The summed E-state index contributed by atoms with van der Waals surface area (Å²) in [6.45, 7) is 0. The van der Waals surface area contributed by atoms with Crippen molar-refractivity contribution >= 4 is 22.4 Å². The third-order valence-corrected chi connectivity index (χ3v) is 3.73. The van der Waals surface area contributed by atoms with Gasteiger partial charge in [0.15, 0.2) is 0 Å². The van der Waals surface area contributed by atoms with Gasteiger partial charge in [0.25, 0.3) is 0 Å². The quantitative estimate of drug-likeness (QED) is 0.575. The summed E-state index contributed by atoms with van der Waals surface area (Å²) in [6, 6.07) is 24.7. The van der Waals surface area contributed by atoms with Crippen LogP contribution in [0, 0.1) is 0 Å². The van der Waals surface area contributed by atoms with Crippen molar-refractivity contribution in [3.05, 3.63) is 85.2 Å². The average molecular weight is 297 g/mol. The fraction of sp³-hybridized carbons (Fsp3) is 0. The van der Waals surface area contributed by atoms with Gasteiger partial charge in [-0.1, -0.05) is 36.4 Å². The van der Waals surface area contributed by atoms with Crippen LogP contribution in [-0.2, 0) is 0 Å². The minimum atomic E-state index is 0.909. The summed E-state index contributed by atoms with van der Waals surface area (Å²) >= 11 is 0. The Morgan fingerprint density at radius 3 is 2.17 bits per heavy atom. The van der Waals surface area contributed by atoms with Gasteiger partial charge in [0, 0.05) is 23.8 Å². The SMILES string of the molecule is c1ccc(Nc2cccc(-c3ccc4nccnc4c3)c2)cc1. The van der Waals surface area contributed by atoms with Gasteiger partial charge in [-0.25, -0.2) is 0 Å². The van der Waals surface area contributed by atoms with Gasteiger partial charge in [-0.05, 0) is 47.5 Å². The van der Waals surface area contributed by atoms with Crippen molar-refractivity contribution < 1.29 is 0 Å². The number of anilines is 2. The Balaban J connectivity index is 1.69. The van der Waals surface area contributed by atoms with Crippen LogP contribution in [0.4, 0.5) is 11.4 Å². The van der Waals surface area contributed by atoms with E-state index in [0.29, 0.717) is 0 Å². The molecule has 0 saturated heterocycles. The zero-order valence-corrected chi connectivity index (χ0v) is 12.5. The fourth-order valence-corrected chi connectivity index (χ4v) is 2.61. The van der Waals surface area contributed by atoms with Gasteiger partial charge in [-0.2, -0.15) is 0 Å². The summed E-state index contributed by atoms with van der Waals surface area (Å²) in [4.78, 5) is 8.69. The van der Waals surface area contributed by atoms with Gasteiger partial charge >= 0.3 is 0 Å². The minimum absolute atomic E-state index is 0.909. The second-order valence-corrected chi connectivity index (χ2v) is 5.33. The Morgan fingerprint density at radius 2 is 1.30 bits per heavy atom. The summed E-state index contributed by atoms with van der Waals surface area (Å²) in [5.74, 6) is 0. The molecule has 0 fully saturated rings. The van der Waals surface area contributed by atoms with E-state index >= 15 is 0 Å². The lowest BCUT2D eigenvalue weighted by atomic mass is 10.0. The molecule has 0 aliphatic rings. The molecule has 1 aromatic heterocycles. The molecule has 0 unspecified atom stereocenters. The van der Waals surface area contributed by atoms with Crippen LogP contribution in [-0.4, -0.2) is 9.97 Å². The molecule has 0 saturated carbocycles. The van der Waals surface area contributed by atoms with Crippen LogP contribution < -0.4 is 5.32 Å². The van der Waals surface area contributed by atoms with E-state index < -0.39 is 0 Å². The Kier molecular flexibility index (Phi) is 3.45. The van der Waals surface area contributed by atoms with Gasteiger partial charge in [-0.3, -0.25) is 9.97 Å². The highest BCUT2D eigenvalue weighted by Gasteiger charge is 2.02. The maximum atomic E-state index is 4.38. The van der Waals surface area contributed by atoms with Crippen molar-refractivity contribution in [3.63, 3.8) is 0 Å². The highest BCUT2D eigenvalue weighted by atomic mass is 14.9. The largest absolute Gasteiger partial charge is 0.356 e. The molecule has 0 radical (unpaired) electrons. The Morgan fingerprint density at radius 1 is 0.565 bits per heavy atom. The van der Waals surface area contributed by atoms with Crippen LogP contribution >= 0.6 is 0 Å². The topological polar surface area (TPSA) is 37.8 Å². The molecule has 3 aromatic carbocycles. The van der Waals surface area contributed by atoms with E-state index in [9.17, 15) is 0 Å². The summed E-state index contributed by atoms with van der Waals surface area (Å²) in [6.07, 6.45) is 3.44. The molecule has 1 N–H and O–H groups in total. The lowest BCUT2D eigenvalue weighted by Gasteiger charge is -2.09. The molecule has 3 heteroatoms. The first kappa shape index (κ1) is 13.5. The summed E-state index contributed by atoms with van der Waals surface area (Å²) < 4.78 is 0.